The van der Waals surface area contributed by atoms with Crippen molar-refractivity contribution in [2.45, 2.75) is 50.5 Å². The molecule has 4 heterocycles. The highest BCUT2D eigenvalue weighted by Crippen LogP contribution is 2.47. The molecule has 2 saturated carbocycles. The van der Waals surface area contributed by atoms with Crippen molar-refractivity contribution >= 4 is 17.5 Å². The van der Waals surface area contributed by atoms with Gasteiger partial charge < -0.3 is 14.4 Å². The SMILES string of the molecule is C[C@@H]1c2ccccc2CCN1C(=O)c1cc(C2CC2)n2cc(-c3cnc(C4CC4C(=O)O)cc3F)cc2n1. The summed E-state index contributed by atoms with van der Waals surface area (Å²) in [7, 11) is 0. The van der Waals surface area contributed by atoms with E-state index in [0.29, 0.717) is 47.0 Å². The molecule has 4 aromatic rings. The number of pyridine rings is 1. The number of carboxylic acid groups (broad SMARTS) is 1. The molecular weight excluding hydrogens is 483 g/mol. The van der Waals surface area contributed by atoms with Gasteiger partial charge in [-0.1, -0.05) is 24.3 Å². The summed E-state index contributed by atoms with van der Waals surface area (Å²) in [6.07, 6.45) is 6.74. The monoisotopic (exact) mass is 510 g/mol. The van der Waals surface area contributed by atoms with Crippen molar-refractivity contribution in [3.63, 3.8) is 0 Å². The lowest BCUT2D eigenvalue weighted by atomic mass is 9.93. The second kappa shape index (κ2) is 8.48. The summed E-state index contributed by atoms with van der Waals surface area (Å²) in [5.74, 6) is -1.76. The molecule has 1 N–H and O–H groups in total. The van der Waals surface area contributed by atoms with Gasteiger partial charge in [0.1, 0.15) is 17.2 Å². The van der Waals surface area contributed by atoms with Crippen molar-refractivity contribution in [2.24, 2.45) is 5.92 Å². The fourth-order valence-corrected chi connectivity index (χ4v) is 5.91. The Bertz CT molecular complexity index is 1630. The van der Waals surface area contributed by atoms with Crippen LogP contribution in [0.2, 0.25) is 0 Å². The lowest BCUT2D eigenvalue weighted by Gasteiger charge is -2.35. The first-order chi connectivity index (χ1) is 18.4. The smallest absolute Gasteiger partial charge is 0.307 e. The zero-order chi connectivity index (χ0) is 26.1. The van der Waals surface area contributed by atoms with Crippen LogP contribution >= 0.6 is 0 Å². The lowest BCUT2D eigenvalue weighted by molar-refractivity contribution is -0.138. The Morgan fingerprint density at radius 3 is 2.68 bits per heavy atom. The van der Waals surface area contributed by atoms with E-state index in [1.54, 1.807) is 6.07 Å². The van der Waals surface area contributed by atoms with Crippen molar-refractivity contribution < 1.29 is 19.1 Å². The molecular formula is C30H27FN4O3. The predicted molar refractivity (Wildman–Crippen MR) is 138 cm³/mol. The number of rotatable bonds is 5. The van der Waals surface area contributed by atoms with E-state index in [0.717, 1.165) is 25.0 Å². The van der Waals surface area contributed by atoms with Crippen LogP contribution in [0, 0.1) is 11.7 Å². The first kappa shape index (κ1) is 23.1. The van der Waals surface area contributed by atoms with E-state index in [1.807, 2.05) is 33.7 Å². The maximum absolute atomic E-state index is 15.2. The van der Waals surface area contributed by atoms with Gasteiger partial charge in [0.25, 0.3) is 5.91 Å². The maximum atomic E-state index is 15.2. The summed E-state index contributed by atoms with van der Waals surface area (Å²) in [6, 6.07) is 13.3. The number of amides is 1. The third kappa shape index (κ3) is 3.78. The maximum Gasteiger partial charge on any atom is 0.307 e. The van der Waals surface area contributed by atoms with Crippen LogP contribution < -0.4 is 0 Å². The van der Waals surface area contributed by atoms with E-state index < -0.39 is 17.7 Å². The Kier molecular flexibility index (Phi) is 5.15. The molecule has 7 rings (SSSR count). The number of carbonyl (C=O) groups excluding carboxylic acids is 1. The van der Waals surface area contributed by atoms with Gasteiger partial charge in [-0.2, -0.15) is 0 Å². The molecule has 3 atom stereocenters. The van der Waals surface area contributed by atoms with Gasteiger partial charge in [0.15, 0.2) is 0 Å². The Labute approximate surface area is 219 Å². The number of benzene rings is 1. The average molecular weight is 511 g/mol. The van der Waals surface area contributed by atoms with Gasteiger partial charge in [-0.05, 0) is 67.9 Å². The minimum atomic E-state index is -0.868. The van der Waals surface area contributed by atoms with E-state index in [4.69, 9.17) is 4.98 Å². The fraction of sp³-hybridized carbons (Fsp3) is 0.333. The van der Waals surface area contributed by atoms with E-state index in [-0.39, 0.29) is 17.9 Å². The van der Waals surface area contributed by atoms with Crippen LogP contribution in [0.1, 0.15) is 77.1 Å². The van der Waals surface area contributed by atoms with E-state index in [9.17, 15) is 14.7 Å². The number of nitrogens with zero attached hydrogens (tertiary/aromatic N) is 4. The minimum Gasteiger partial charge on any atom is -0.481 e. The molecule has 1 aromatic carbocycles. The molecule has 3 aliphatic rings. The van der Waals surface area contributed by atoms with E-state index in [1.165, 1.54) is 23.4 Å². The highest BCUT2D eigenvalue weighted by molar-refractivity contribution is 5.93. The van der Waals surface area contributed by atoms with Crippen molar-refractivity contribution in [2.75, 3.05) is 6.54 Å². The largest absolute Gasteiger partial charge is 0.481 e. The zero-order valence-corrected chi connectivity index (χ0v) is 21.0. The van der Waals surface area contributed by atoms with Crippen LogP contribution in [0.4, 0.5) is 4.39 Å². The van der Waals surface area contributed by atoms with Gasteiger partial charge in [0, 0.05) is 47.4 Å². The highest BCUT2D eigenvalue weighted by Gasteiger charge is 2.45. The Morgan fingerprint density at radius 2 is 1.95 bits per heavy atom. The van der Waals surface area contributed by atoms with Gasteiger partial charge in [-0.15, -0.1) is 0 Å². The molecule has 0 bridgehead atoms. The van der Waals surface area contributed by atoms with Gasteiger partial charge >= 0.3 is 5.97 Å². The number of halogens is 1. The Balaban J connectivity index is 1.23. The number of fused-ring (bicyclic) bond motifs is 2. The van der Waals surface area contributed by atoms with Crippen molar-refractivity contribution in [1.82, 2.24) is 19.3 Å². The van der Waals surface area contributed by atoms with Crippen LogP contribution in [0.5, 0.6) is 0 Å². The van der Waals surface area contributed by atoms with Crippen LogP contribution in [0.25, 0.3) is 16.8 Å². The molecule has 2 aliphatic carbocycles. The fourth-order valence-electron chi connectivity index (χ4n) is 5.91. The van der Waals surface area contributed by atoms with Gasteiger partial charge in [-0.3, -0.25) is 14.6 Å². The Morgan fingerprint density at radius 1 is 1.13 bits per heavy atom. The molecule has 38 heavy (non-hydrogen) atoms. The van der Waals surface area contributed by atoms with Crippen molar-refractivity contribution in [3.8, 4) is 11.1 Å². The first-order valence-corrected chi connectivity index (χ1v) is 13.2. The molecule has 1 aliphatic heterocycles. The number of aromatic nitrogens is 3. The summed E-state index contributed by atoms with van der Waals surface area (Å²) in [5, 5.41) is 9.19. The third-order valence-electron chi connectivity index (χ3n) is 8.34. The molecule has 7 nitrogen and oxygen atoms in total. The quantitative estimate of drug-likeness (QED) is 0.391. The Hall–Kier alpha value is -4.07. The first-order valence-electron chi connectivity index (χ1n) is 13.2. The molecule has 3 aromatic heterocycles. The third-order valence-corrected chi connectivity index (χ3v) is 8.34. The average Bonchev–Trinajstić information content (AvgIpc) is 3.84. The van der Waals surface area contributed by atoms with E-state index in [2.05, 4.69) is 24.0 Å². The number of hydrogen-bond acceptors (Lipinski definition) is 4. The second-order valence-corrected chi connectivity index (χ2v) is 10.8. The summed E-state index contributed by atoms with van der Waals surface area (Å²) in [4.78, 5) is 35.9. The van der Waals surface area contributed by atoms with E-state index >= 15 is 4.39 Å². The van der Waals surface area contributed by atoms with Crippen LogP contribution in [0.3, 0.4) is 0 Å². The summed E-state index contributed by atoms with van der Waals surface area (Å²) < 4.78 is 17.2. The van der Waals surface area contributed by atoms with Crippen LogP contribution in [0.15, 0.2) is 54.9 Å². The molecule has 8 heteroatoms. The molecule has 2 unspecified atom stereocenters. The van der Waals surface area contributed by atoms with Crippen LogP contribution in [-0.2, 0) is 11.2 Å². The predicted octanol–water partition coefficient (Wildman–Crippen LogP) is 5.36. The summed E-state index contributed by atoms with van der Waals surface area (Å²) in [6.45, 7) is 2.70. The lowest BCUT2D eigenvalue weighted by Crippen LogP contribution is -2.39. The molecule has 192 valence electrons. The highest BCUT2D eigenvalue weighted by atomic mass is 19.1. The minimum absolute atomic E-state index is 0.0388. The number of aliphatic carboxylic acids is 1. The van der Waals surface area contributed by atoms with Crippen molar-refractivity contribution in [1.29, 1.82) is 0 Å². The molecule has 2 fully saturated rings. The molecule has 0 radical (unpaired) electrons. The molecule has 0 saturated heterocycles. The van der Waals surface area contributed by atoms with Gasteiger partial charge in [0.05, 0.1) is 12.0 Å². The second-order valence-electron chi connectivity index (χ2n) is 10.8. The summed E-state index contributed by atoms with van der Waals surface area (Å²) >= 11 is 0. The summed E-state index contributed by atoms with van der Waals surface area (Å²) in [5.41, 5.74) is 5.93. The number of carboxylic acids is 1. The zero-order valence-electron chi connectivity index (χ0n) is 21.0. The molecule has 0 spiro atoms. The van der Waals surface area contributed by atoms with Crippen molar-refractivity contribution in [3.05, 3.63) is 88.9 Å². The number of carbonyl (C=O) groups is 2. The van der Waals surface area contributed by atoms with Crippen LogP contribution in [-0.4, -0.2) is 42.8 Å². The standard InChI is InChI=1S/C30H27FN4O3/c1-16-20-5-3-2-4-17(20)8-9-34(16)29(36)26-13-27(18-6-7-18)35-15-19(10-28(35)33-26)23-14-32-25(12-24(23)31)21-11-22(21)30(37)38/h2-5,10,12-16,18,21-22H,6-9,11H2,1H3,(H,37,38)/t16-,21?,22?/m1/s1. The topological polar surface area (TPSA) is 87.8 Å². The van der Waals surface area contributed by atoms with Gasteiger partial charge in [-0.25, -0.2) is 9.37 Å². The van der Waals surface area contributed by atoms with Gasteiger partial charge in [0.2, 0.25) is 0 Å². The number of hydrogen-bond donors (Lipinski definition) is 1. The molecule has 1 amide bonds. The normalized spacial score (nSPS) is 22.4.